The van der Waals surface area contributed by atoms with Crippen molar-refractivity contribution in [3.05, 3.63) is 0 Å². The minimum absolute atomic E-state index is 0.0536. The Morgan fingerprint density at radius 3 is 2.70 bits per heavy atom. The maximum absolute atomic E-state index is 12.4. The zero-order chi connectivity index (χ0) is 14.5. The van der Waals surface area contributed by atoms with Gasteiger partial charge in [0.2, 0.25) is 0 Å². The van der Waals surface area contributed by atoms with Crippen LogP contribution >= 0.6 is 11.8 Å². The Morgan fingerprint density at radius 2 is 2.10 bits per heavy atom. The highest BCUT2D eigenvalue weighted by atomic mass is 32.2. The summed E-state index contributed by atoms with van der Waals surface area (Å²) in [5.41, 5.74) is 2.80. The highest BCUT2D eigenvalue weighted by Crippen LogP contribution is 2.32. The van der Waals surface area contributed by atoms with Gasteiger partial charge < -0.3 is 9.84 Å². The lowest BCUT2D eigenvalue weighted by atomic mass is 10.2. The molecule has 2 unspecified atom stereocenters. The fourth-order valence-electron chi connectivity index (χ4n) is 2.36. The molecule has 0 bridgehead atoms. The second-order valence-electron chi connectivity index (χ2n) is 4.85. The number of rotatable bonds is 4. The number of carboxylic acids is 1. The number of ether oxygens (including phenoxy) is 1. The average molecular weight is 303 g/mol. The SMILES string of the molecule is CCCC1SCC(C(=O)O)N1C(=O)NN1CCOCC1. The second kappa shape index (κ2) is 7.14. The summed E-state index contributed by atoms with van der Waals surface area (Å²) < 4.78 is 5.22. The van der Waals surface area contributed by atoms with Crippen LogP contribution in [0, 0.1) is 0 Å². The molecule has 0 spiro atoms. The van der Waals surface area contributed by atoms with Crippen LogP contribution in [-0.2, 0) is 9.53 Å². The quantitative estimate of drug-likeness (QED) is 0.790. The molecular weight excluding hydrogens is 282 g/mol. The Bertz CT molecular complexity index is 363. The lowest BCUT2D eigenvalue weighted by Gasteiger charge is -2.32. The molecule has 20 heavy (non-hydrogen) atoms. The van der Waals surface area contributed by atoms with E-state index in [0.29, 0.717) is 32.1 Å². The maximum Gasteiger partial charge on any atom is 0.333 e. The normalized spacial score (nSPS) is 27.6. The number of thioether (sulfide) groups is 1. The van der Waals surface area contributed by atoms with Crippen molar-refractivity contribution >= 4 is 23.8 Å². The molecule has 2 fully saturated rings. The predicted molar refractivity (Wildman–Crippen MR) is 75.3 cm³/mol. The Balaban J connectivity index is 2.00. The van der Waals surface area contributed by atoms with Crippen molar-refractivity contribution < 1.29 is 19.4 Å². The van der Waals surface area contributed by atoms with Gasteiger partial charge in [0.05, 0.1) is 18.6 Å². The van der Waals surface area contributed by atoms with Gasteiger partial charge in [0.25, 0.3) is 0 Å². The fourth-order valence-corrected chi connectivity index (χ4v) is 3.88. The number of aliphatic carboxylic acids is 1. The first-order valence-electron chi connectivity index (χ1n) is 6.89. The zero-order valence-electron chi connectivity index (χ0n) is 11.6. The molecule has 2 heterocycles. The number of nitrogens with zero attached hydrogens (tertiary/aromatic N) is 2. The van der Waals surface area contributed by atoms with E-state index in [1.165, 1.54) is 4.90 Å². The summed E-state index contributed by atoms with van der Waals surface area (Å²) >= 11 is 1.54. The van der Waals surface area contributed by atoms with Gasteiger partial charge in [-0.25, -0.2) is 14.6 Å². The van der Waals surface area contributed by atoms with Gasteiger partial charge in [0, 0.05) is 18.8 Å². The number of hydrazine groups is 1. The Hall–Kier alpha value is -0.990. The number of nitrogens with one attached hydrogen (secondary N) is 1. The summed E-state index contributed by atoms with van der Waals surface area (Å²) in [6, 6.07) is -1.06. The minimum atomic E-state index is -0.937. The van der Waals surface area contributed by atoms with Crippen molar-refractivity contribution in [2.45, 2.75) is 31.2 Å². The number of hydrogen-bond donors (Lipinski definition) is 2. The Morgan fingerprint density at radius 1 is 1.40 bits per heavy atom. The molecule has 7 nitrogen and oxygen atoms in total. The van der Waals surface area contributed by atoms with Crippen molar-refractivity contribution in [2.24, 2.45) is 0 Å². The second-order valence-corrected chi connectivity index (χ2v) is 6.07. The molecule has 2 rings (SSSR count). The molecule has 2 aliphatic heterocycles. The van der Waals surface area contributed by atoms with E-state index in [4.69, 9.17) is 4.74 Å². The Kier molecular flexibility index (Phi) is 5.50. The summed E-state index contributed by atoms with van der Waals surface area (Å²) in [6.45, 7) is 4.45. The third-order valence-corrected chi connectivity index (χ3v) is 4.77. The van der Waals surface area contributed by atoms with Gasteiger partial charge in [-0.05, 0) is 6.42 Å². The molecule has 2 N–H and O–H groups in total. The van der Waals surface area contributed by atoms with Crippen LogP contribution < -0.4 is 5.43 Å². The standard InChI is InChI=1S/C12H21N3O4S/c1-2-3-10-15(9(8-20-10)11(16)17)12(18)13-14-4-6-19-7-5-14/h9-10H,2-8H2,1H3,(H,13,18)(H,16,17). The lowest BCUT2D eigenvalue weighted by Crippen LogP contribution is -2.56. The van der Waals surface area contributed by atoms with Gasteiger partial charge in [0.15, 0.2) is 0 Å². The van der Waals surface area contributed by atoms with Crippen molar-refractivity contribution in [2.75, 3.05) is 32.1 Å². The van der Waals surface area contributed by atoms with Gasteiger partial charge >= 0.3 is 12.0 Å². The van der Waals surface area contributed by atoms with Crippen LogP contribution in [0.5, 0.6) is 0 Å². The average Bonchev–Trinajstić information content (AvgIpc) is 2.84. The number of amides is 2. The third kappa shape index (κ3) is 3.56. The van der Waals surface area contributed by atoms with E-state index in [0.717, 1.165) is 12.8 Å². The highest BCUT2D eigenvalue weighted by Gasteiger charge is 2.41. The highest BCUT2D eigenvalue weighted by molar-refractivity contribution is 8.00. The molecule has 0 aromatic heterocycles. The van der Waals surface area contributed by atoms with E-state index in [-0.39, 0.29) is 11.4 Å². The smallest absolute Gasteiger partial charge is 0.333 e. The van der Waals surface area contributed by atoms with E-state index in [1.807, 2.05) is 6.92 Å². The first-order valence-corrected chi connectivity index (χ1v) is 7.94. The first-order chi connectivity index (χ1) is 9.63. The van der Waals surface area contributed by atoms with Crippen LogP contribution in [0.3, 0.4) is 0 Å². The predicted octanol–water partition coefficient (Wildman–Crippen LogP) is 0.571. The Labute approximate surface area is 122 Å². The number of carboxylic acid groups (broad SMARTS) is 1. The number of carbonyl (C=O) groups is 2. The molecular formula is C12H21N3O4S. The monoisotopic (exact) mass is 303 g/mol. The molecule has 2 amide bonds. The van der Waals surface area contributed by atoms with Crippen LogP contribution in [0.1, 0.15) is 19.8 Å². The van der Waals surface area contributed by atoms with Gasteiger partial charge in [-0.1, -0.05) is 13.3 Å². The molecule has 2 aliphatic rings. The van der Waals surface area contributed by atoms with E-state index in [2.05, 4.69) is 5.43 Å². The molecule has 8 heteroatoms. The molecule has 0 radical (unpaired) electrons. The van der Waals surface area contributed by atoms with Crippen molar-refractivity contribution in [1.82, 2.24) is 15.3 Å². The fraction of sp³-hybridized carbons (Fsp3) is 0.833. The molecule has 0 aromatic carbocycles. The largest absolute Gasteiger partial charge is 0.480 e. The van der Waals surface area contributed by atoms with Gasteiger partial charge in [-0.2, -0.15) is 0 Å². The van der Waals surface area contributed by atoms with E-state index in [1.54, 1.807) is 16.8 Å². The van der Waals surface area contributed by atoms with E-state index >= 15 is 0 Å². The number of hydrogen-bond acceptors (Lipinski definition) is 5. The van der Waals surface area contributed by atoms with Crippen molar-refractivity contribution in [3.8, 4) is 0 Å². The van der Waals surface area contributed by atoms with Crippen LogP contribution in [0.25, 0.3) is 0 Å². The maximum atomic E-state index is 12.4. The summed E-state index contributed by atoms with van der Waals surface area (Å²) in [5.74, 6) is -0.482. The summed E-state index contributed by atoms with van der Waals surface area (Å²) in [5, 5.41) is 11.0. The number of carbonyl (C=O) groups excluding carboxylic acids is 1. The van der Waals surface area contributed by atoms with Crippen LogP contribution in [-0.4, -0.2) is 70.5 Å². The number of urea groups is 1. The number of morpholine rings is 1. The van der Waals surface area contributed by atoms with Crippen LogP contribution in [0.15, 0.2) is 0 Å². The van der Waals surface area contributed by atoms with Crippen LogP contribution in [0.4, 0.5) is 4.79 Å². The third-order valence-electron chi connectivity index (χ3n) is 3.41. The van der Waals surface area contributed by atoms with Crippen LogP contribution in [0.2, 0.25) is 0 Å². The summed E-state index contributed by atoms with van der Waals surface area (Å²) in [7, 11) is 0. The summed E-state index contributed by atoms with van der Waals surface area (Å²) in [4.78, 5) is 25.1. The molecule has 0 aliphatic carbocycles. The minimum Gasteiger partial charge on any atom is -0.480 e. The van der Waals surface area contributed by atoms with Crippen molar-refractivity contribution in [3.63, 3.8) is 0 Å². The van der Waals surface area contributed by atoms with Gasteiger partial charge in [0.1, 0.15) is 6.04 Å². The first kappa shape index (κ1) is 15.4. The van der Waals surface area contributed by atoms with Gasteiger partial charge in [-0.15, -0.1) is 11.8 Å². The molecule has 114 valence electrons. The molecule has 2 atom stereocenters. The lowest BCUT2D eigenvalue weighted by molar-refractivity contribution is -0.141. The van der Waals surface area contributed by atoms with E-state index < -0.39 is 12.0 Å². The molecule has 0 aromatic rings. The van der Waals surface area contributed by atoms with Crippen molar-refractivity contribution in [1.29, 1.82) is 0 Å². The topological polar surface area (TPSA) is 82.1 Å². The summed E-state index contributed by atoms with van der Waals surface area (Å²) in [6.07, 6.45) is 1.73. The molecule has 0 saturated carbocycles. The van der Waals surface area contributed by atoms with Gasteiger partial charge in [-0.3, -0.25) is 10.3 Å². The zero-order valence-corrected chi connectivity index (χ0v) is 12.4. The molecule has 2 saturated heterocycles. The van der Waals surface area contributed by atoms with E-state index in [9.17, 15) is 14.7 Å².